The number of nitrogens with one attached hydrogen (secondary N) is 1. The summed E-state index contributed by atoms with van der Waals surface area (Å²) in [6, 6.07) is 8.65. The fourth-order valence-electron chi connectivity index (χ4n) is 1.69. The van der Waals surface area contributed by atoms with Crippen LogP contribution in [0.15, 0.2) is 24.3 Å². The quantitative estimate of drug-likeness (QED) is 0.633. The summed E-state index contributed by atoms with van der Waals surface area (Å²) < 4.78 is 16.1. The van der Waals surface area contributed by atoms with Crippen LogP contribution in [0, 0.1) is 0 Å². The van der Waals surface area contributed by atoms with Gasteiger partial charge in [-0.05, 0) is 24.1 Å². The van der Waals surface area contributed by atoms with E-state index in [1.807, 2.05) is 12.1 Å². The lowest BCUT2D eigenvalue weighted by atomic mass is 10.2. The smallest absolute Gasteiger partial charge is 0.119 e. The van der Waals surface area contributed by atoms with E-state index in [1.54, 1.807) is 7.11 Å². The molecule has 0 radical (unpaired) electrons. The highest BCUT2D eigenvalue weighted by molar-refractivity contribution is 5.28. The van der Waals surface area contributed by atoms with Gasteiger partial charge < -0.3 is 19.5 Å². The minimum atomic E-state index is 0.486. The van der Waals surface area contributed by atoms with Crippen LogP contribution in [0.25, 0.3) is 0 Å². The van der Waals surface area contributed by atoms with E-state index in [9.17, 15) is 0 Å². The van der Waals surface area contributed by atoms with Gasteiger partial charge in [-0.25, -0.2) is 0 Å². The Morgan fingerprint density at radius 1 is 1.10 bits per heavy atom. The lowest BCUT2D eigenvalue weighted by molar-refractivity contribution is 0.0806. The van der Waals surface area contributed by atoms with E-state index in [0.29, 0.717) is 19.3 Å². The SMILES string of the molecule is COCCCOCCOc1cccc(CNC(C)C)c1. The first kappa shape index (κ1) is 17.0. The molecule has 4 nitrogen and oxygen atoms in total. The average molecular weight is 281 g/mol. The Labute approximate surface area is 122 Å². The van der Waals surface area contributed by atoms with Crippen LogP contribution in [0.3, 0.4) is 0 Å². The largest absolute Gasteiger partial charge is 0.491 e. The molecule has 0 saturated heterocycles. The maximum atomic E-state index is 5.68. The van der Waals surface area contributed by atoms with Crippen molar-refractivity contribution < 1.29 is 14.2 Å². The van der Waals surface area contributed by atoms with Crippen molar-refractivity contribution in [3.8, 4) is 5.75 Å². The predicted molar refractivity (Wildman–Crippen MR) is 81.2 cm³/mol. The highest BCUT2D eigenvalue weighted by Gasteiger charge is 1.99. The molecular weight excluding hydrogens is 254 g/mol. The molecular formula is C16H27NO3. The Morgan fingerprint density at radius 2 is 1.95 bits per heavy atom. The van der Waals surface area contributed by atoms with E-state index in [-0.39, 0.29) is 0 Å². The zero-order valence-electron chi connectivity index (χ0n) is 12.9. The molecule has 0 aliphatic carbocycles. The topological polar surface area (TPSA) is 39.7 Å². The van der Waals surface area contributed by atoms with Crippen LogP contribution < -0.4 is 10.1 Å². The summed E-state index contributed by atoms with van der Waals surface area (Å²) in [7, 11) is 1.70. The lowest BCUT2D eigenvalue weighted by Crippen LogP contribution is -2.21. The summed E-state index contributed by atoms with van der Waals surface area (Å²) in [6.07, 6.45) is 0.923. The number of methoxy groups -OCH3 is 1. The van der Waals surface area contributed by atoms with Gasteiger partial charge in [-0.2, -0.15) is 0 Å². The third-order valence-electron chi connectivity index (χ3n) is 2.75. The highest BCUT2D eigenvalue weighted by atomic mass is 16.5. The van der Waals surface area contributed by atoms with Gasteiger partial charge in [0.2, 0.25) is 0 Å². The number of benzene rings is 1. The molecule has 0 atom stereocenters. The molecule has 0 aromatic heterocycles. The van der Waals surface area contributed by atoms with Crippen LogP contribution in [0.1, 0.15) is 25.8 Å². The Kier molecular flexibility index (Phi) is 9.04. The number of hydrogen-bond donors (Lipinski definition) is 1. The van der Waals surface area contributed by atoms with Gasteiger partial charge in [0, 0.05) is 32.9 Å². The Morgan fingerprint density at radius 3 is 2.70 bits per heavy atom. The van der Waals surface area contributed by atoms with E-state index >= 15 is 0 Å². The van der Waals surface area contributed by atoms with E-state index in [1.165, 1.54) is 5.56 Å². The first-order valence-corrected chi connectivity index (χ1v) is 7.24. The summed E-state index contributed by atoms with van der Waals surface area (Å²) in [5.74, 6) is 0.897. The summed E-state index contributed by atoms with van der Waals surface area (Å²) in [5.41, 5.74) is 1.23. The van der Waals surface area contributed by atoms with Crippen molar-refractivity contribution in [2.45, 2.75) is 32.9 Å². The molecule has 114 valence electrons. The molecule has 0 aliphatic heterocycles. The molecule has 1 aromatic rings. The van der Waals surface area contributed by atoms with Crippen molar-refractivity contribution in [3.63, 3.8) is 0 Å². The van der Waals surface area contributed by atoms with Crippen LogP contribution in [-0.2, 0) is 16.0 Å². The Hall–Kier alpha value is -1.10. The number of hydrogen-bond acceptors (Lipinski definition) is 4. The average Bonchev–Trinajstić information content (AvgIpc) is 2.45. The third-order valence-corrected chi connectivity index (χ3v) is 2.75. The van der Waals surface area contributed by atoms with Gasteiger partial charge in [-0.15, -0.1) is 0 Å². The molecule has 0 spiro atoms. The molecule has 1 N–H and O–H groups in total. The lowest BCUT2D eigenvalue weighted by Gasteiger charge is -2.10. The van der Waals surface area contributed by atoms with Crippen molar-refractivity contribution in [2.24, 2.45) is 0 Å². The fourth-order valence-corrected chi connectivity index (χ4v) is 1.69. The predicted octanol–water partition coefficient (Wildman–Crippen LogP) is 2.62. The van der Waals surface area contributed by atoms with E-state index in [2.05, 4.69) is 31.3 Å². The molecule has 0 amide bonds. The van der Waals surface area contributed by atoms with Crippen LogP contribution >= 0.6 is 0 Å². The van der Waals surface area contributed by atoms with E-state index in [0.717, 1.165) is 31.9 Å². The van der Waals surface area contributed by atoms with Gasteiger partial charge in [0.1, 0.15) is 12.4 Å². The normalized spacial score (nSPS) is 11.0. The summed E-state index contributed by atoms with van der Waals surface area (Å²) in [4.78, 5) is 0. The molecule has 0 bridgehead atoms. The fraction of sp³-hybridized carbons (Fsp3) is 0.625. The second-order valence-electron chi connectivity index (χ2n) is 4.99. The van der Waals surface area contributed by atoms with Crippen LogP contribution in [0.2, 0.25) is 0 Å². The van der Waals surface area contributed by atoms with Gasteiger partial charge in [-0.1, -0.05) is 26.0 Å². The second-order valence-corrected chi connectivity index (χ2v) is 4.99. The molecule has 0 heterocycles. The summed E-state index contributed by atoms with van der Waals surface area (Å²) in [5, 5.41) is 3.39. The van der Waals surface area contributed by atoms with Gasteiger partial charge in [0.25, 0.3) is 0 Å². The van der Waals surface area contributed by atoms with Gasteiger partial charge in [-0.3, -0.25) is 0 Å². The minimum absolute atomic E-state index is 0.486. The molecule has 4 heteroatoms. The zero-order valence-corrected chi connectivity index (χ0v) is 12.9. The Bertz CT molecular complexity index is 355. The highest BCUT2D eigenvalue weighted by Crippen LogP contribution is 2.13. The molecule has 20 heavy (non-hydrogen) atoms. The van der Waals surface area contributed by atoms with Crippen molar-refractivity contribution >= 4 is 0 Å². The van der Waals surface area contributed by atoms with E-state index in [4.69, 9.17) is 14.2 Å². The minimum Gasteiger partial charge on any atom is -0.491 e. The summed E-state index contributed by atoms with van der Waals surface area (Å²) in [6.45, 7) is 7.79. The molecule has 0 fully saturated rings. The molecule has 0 saturated carbocycles. The number of rotatable bonds is 11. The zero-order chi connectivity index (χ0) is 14.6. The molecule has 1 aromatic carbocycles. The van der Waals surface area contributed by atoms with Crippen LogP contribution in [-0.4, -0.2) is 39.6 Å². The summed E-state index contributed by atoms with van der Waals surface area (Å²) >= 11 is 0. The van der Waals surface area contributed by atoms with Gasteiger partial charge in [0.05, 0.1) is 6.61 Å². The van der Waals surface area contributed by atoms with Gasteiger partial charge in [0.15, 0.2) is 0 Å². The second kappa shape index (κ2) is 10.7. The van der Waals surface area contributed by atoms with Crippen LogP contribution in [0.4, 0.5) is 0 Å². The maximum absolute atomic E-state index is 5.68. The van der Waals surface area contributed by atoms with E-state index < -0.39 is 0 Å². The molecule has 0 aliphatic rings. The van der Waals surface area contributed by atoms with Crippen molar-refractivity contribution in [1.82, 2.24) is 5.32 Å². The standard InChI is InChI=1S/C16H27NO3/c1-14(2)17-13-15-6-4-7-16(12-15)20-11-10-19-9-5-8-18-3/h4,6-7,12,14,17H,5,8-11,13H2,1-3H3. The number of ether oxygens (including phenoxy) is 3. The Balaban J connectivity index is 2.18. The molecule has 0 unspecified atom stereocenters. The first-order chi connectivity index (χ1) is 9.72. The van der Waals surface area contributed by atoms with Crippen molar-refractivity contribution in [2.75, 3.05) is 33.5 Å². The van der Waals surface area contributed by atoms with Crippen LogP contribution in [0.5, 0.6) is 5.75 Å². The van der Waals surface area contributed by atoms with Gasteiger partial charge >= 0.3 is 0 Å². The van der Waals surface area contributed by atoms with Crippen molar-refractivity contribution in [1.29, 1.82) is 0 Å². The molecule has 1 rings (SSSR count). The first-order valence-electron chi connectivity index (χ1n) is 7.24. The maximum Gasteiger partial charge on any atom is 0.119 e. The monoisotopic (exact) mass is 281 g/mol. The van der Waals surface area contributed by atoms with Crippen molar-refractivity contribution in [3.05, 3.63) is 29.8 Å². The third kappa shape index (κ3) is 8.15.